The normalized spacial score (nSPS) is 12.7. The van der Waals surface area contributed by atoms with Gasteiger partial charge in [0.25, 0.3) is 2.86 Å². The minimum atomic E-state index is -1.49. The van der Waals surface area contributed by atoms with Gasteiger partial charge in [0.2, 0.25) is 23.6 Å². The molecule has 51 heavy (non-hydrogen) atoms. The zero-order chi connectivity index (χ0) is 41.0. The van der Waals surface area contributed by atoms with Gasteiger partial charge in [-0.05, 0) is 40.5 Å². The summed E-state index contributed by atoms with van der Waals surface area (Å²) in [6.07, 6.45) is -1.65. The Morgan fingerprint density at radius 3 is 1.43 bits per heavy atom. The Kier molecular flexibility index (Phi) is 21.9. The lowest BCUT2D eigenvalue weighted by atomic mass is 9.88. The molecule has 0 radical (unpaired) electrons. The average Bonchev–Trinajstić information content (AvgIpc) is 3.12. The second-order valence-corrected chi connectivity index (χ2v) is 12.7. The maximum absolute atomic E-state index is 12.9. The number of hydrogen-bond donors (Lipinski definition) is 6. The molecule has 4 amide bonds. The molecule has 0 aromatic heterocycles. The van der Waals surface area contributed by atoms with E-state index in [1.807, 2.05) is 0 Å². The van der Waals surface area contributed by atoms with Crippen molar-refractivity contribution < 1.29 is 69.2 Å². The molecule has 0 aliphatic heterocycles. The standard InChI is InChI=1S/C33H58N4O14/c1-32(2,30(44)45)10-7-26(39)35-13-17-48-21-23-50-19-15-37(28(41)9-12-34-25(38)5-6-29(42)43)16-20-51-24-22-49-18-14-36-27(40)8-11-33(3,4)31(46)47/h5-24H2,1-4H3,(H,34,38)(H,35,39)(H,36,40)(H,42,43)(H,44,45)(H,46,47)/i5T/hD2. The minimum absolute atomic E-state index is 0.0831. The van der Waals surface area contributed by atoms with E-state index < -0.39 is 47.5 Å². The number of nitrogens with one attached hydrogen (secondary N) is 3. The van der Waals surface area contributed by atoms with Crippen molar-refractivity contribution in [1.82, 2.24) is 20.9 Å². The number of carbonyl (C=O) groups excluding carboxylic acids is 4. The molecule has 0 aliphatic carbocycles. The summed E-state index contributed by atoms with van der Waals surface area (Å²) in [4.78, 5) is 84.1. The smallest absolute Gasteiger partial charge is 0.309 e. The molecule has 0 bridgehead atoms. The van der Waals surface area contributed by atoms with Crippen molar-refractivity contribution in [3.63, 3.8) is 0 Å². The molecular formula is C33H58N4O14. The van der Waals surface area contributed by atoms with Crippen LogP contribution >= 0.6 is 0 Å². The van der Waals surface area contributed by atoms with Gasteiger partial charge in [-0.3, -0.25) is 33.6 Å². The maximum atomic E-state index is 12.9. The number of amides is 4. The first-order chi connectivity index (χ1) is 25.5. The van der Waals surface area contributed by atoms with Gasteiger partial charge in [-0.2, -0.15) is 0 Å². The summed E-state index contributed by atoms with van der Waals surface area (Å²) >= 11 is 0. The Hall–Kier alpha value is -3.87. The highest BCUT2D eigenvalue weighted by Gasteiger charge is 2.28. The van der Waals surface area contributed by atoms with E-state index in [2.05, 4.69) is 26.2 Å². The molecule has 18 nitrogen and oxygen atoms in total. The lowest BCUT2D eigenvalue weighted by molar-refractivity contribution is -0.148. The Morgan fingerprint density at radius 1 is 0.608 bits per heavy atom. The fourth-order valence-corrected chi connectivity index (χ4v) is 3.82. The third kappa shape index (κ3) is 25.7. The quantitative estimate of drug-likeness (QED) is 0.0507. The molecule has 0 saturated carbocycles. The molecule has 1 atom stereocenters. The maximum Gasteiger partial charge on any atom is 0.309 e. The van der Waals surface area contributed by atoms with Gasteiger partial charge >= 0.3 is 17.9 Å². The van der Waals surface area contributed by atoms with E-state index in [-0.39, 0.29) is 135 Å². The topological polar surface area (TPSA) is 256 Å². The Balaban J connectivity index is 4.48. The Bertz CT molecular complexity index is 1120. The predicted molar refractivity (Wildman–Crippen MR) is 182 cm³/mol. The first-order valence-corrected chi connectivity index (χ1v) is 16.9. The molecule has 0 heterocycles. The van der Waals surface area contributed by atoms with Crippen LogP contribution in [0.25, 0.3) is 2.86 Å². The summed E-state index contributed by atoms with van der Waals surface area (Å²) < 4.78 is 43.1. The molecule has 0 aliphatic rings. The zero-order valence-electron chi connectivity index (χ0n) is 33.2. The predicted octanol–water partition coefficient (Wildman–Crippen LogP) is 0.267. The van der Waals surface area contributed by atoms with E-state index in [4.69, 9.17) is 28.3 Å². The first kappa shape index (κ1) is 41.5. The summed E-state index contributed by atoms with van der Waals surface area (Å²) in [6, 6.07) is 0. The average molecular weight is 739 g/mol. The molecule has 6 N–H and O–H groups in total. The van der Waals surface area contributed by atoms with Gasteiger partial charge in [0.1, 0.15) is 0 Å². The largest absolute Gasteiger partial charge is 0.481 e. The van der Waals surface area contributed by atoms with Crippen LogP contribution in [0.1, 0.15) is 74.0 Å². The molecule has 18 heteroatoms. The summed E-state index contributed by atoms with van der Waals surface area (Å²) in [7, 11) is 0. The van der Waals surface area contributed by atoms with Crippen molar-refractivity contribution in [2.75, 3.05) is 85.6 Å². The third-order valence-electron chi connectivity index (χ3n) is 7.40. The molecule has 0 fully saturated rings. The van der Waals surface area contributed by atoms with E-state index >= 15 is 0 Å². The number of hydrogen-bond acceptors (Lipinski definition) is 13. The number of carboxylic acids is 3. The molecule has 294 valence electrons. The molecule has 0 saturated heterocycles. The van der Waals surface area contributed by atoms with E-state index in [9.17, 15) is 33.6 Å². The van der Waals surface area contributed by atoms with Gasteiger partial charge in [-0.15, -0.1) is 0 Å². The van der Waals surface area contributed by atoms with Crippen molar-refractivity contribution in [1.29, 1.82) is 2.86 Å². The van der Waals surface area contributed by atoms with Crippen molar-refractivity contribution in [2.24, 2.45) is 10.8 Å². The molecule has 0 rings (SSSR count). The van der Waals surface area contributed by atoms with E-state index in [1.165, 1.54) is 4.90 Å². The van der Waals surface area contributed by atoms with Crippen molar-refractivity contribution in [2.45, 2.75) is 72.6 Å². The van der Waals surface area contributed by atoms with Crippen LogP contribution in [-0.2, 0) is 52.5 Å². The van der Waals surface area contributed by atoms with Crippen LogP contribution in [0.5, 0.6) is 0 Å². The van der Waals surface area contributed by atoms with E-state index in [0.29, 0.717) is 0 Å². The summed E-state index contributed by atoms with van der Waals surface area (Å²) in [5, 5.41) is 24.5. The van der Waals surface area contributed by atoms with Gasteiger partial charge in [0.15, 0.2) is 0 Å². The Morgan fingerprint density at radius 2 is 1.02 bits per heavy atom. The number of nitrogens with zero attached hydrogens (tertiary/aromatic N) is 1. The highest BCUT2D eigenvalue weighted by molar-refractivity contribution is 5.82. The lowest BCUT2D eigenvalue weighted by Crippen LogP contribution is -2.39. The second kappa shape index (κ2) is 26.9. The van der Waals surface area contributed by atoms with Gasteiger partial charge in [0, 0.05) is 59.8 Å². The van der Waals surface area contributed by atoms with E-state index in [0.717, 1.165) is 0 Å². The molecular weight excluding hydrogens is 676 g/mol. The SMILES string of the molecule is [2H]OC(=O)C(C)(C)CCC(=O)NCCOCCOCCN(CCOCCOCCNC(=O)CCC(C)(C)C(=O)O[2H])C(=O)CCNC(=O)C([3H])CC(=O)O. The van der Waals surface area contributed by atoms with Gasteiger partial charge in [0.05, 0.1) is 70.1 Å². The minimum Gasteiger partial charge on any atom is -0.481 e. The summed E-state index contributed by atoms with van der Waals surface area (Å²) in [5.74, 6) is -4.39. The van der Waals surface area contributed by atoms with Crippen LogP contribution in [0.4, 0.5) is 0 Å². The van der Waals surface area contributed by atoms with Gasteiger partial charge in [-0.25, -0.2) is 0 Å². The van der Waals surface area contributed by atoms with Gasteiger partial charge in [-0.1, -0.05) is 0 Å². The van der Waals surface area contributed by atoms with Gasteiger partial charge < -0.3 is 55.1 Å². The fraction of sp³-hybridized carbons (Fsp3) is 0.788. The molecule has 0 aromatic rings. The number of carbonyl (C=O) groups is 7. The summed E-state index contributed by atoms with van der Waals surface area (Å²) in [6.45, 7) is 8.73. The van der Waals surface area contributed by atoms with Crippen LogP contribution in [0.2, 0.25) is 0 Å². The first-order valence-electron chi connectivity index (χ1n) is 18.2. The van der Waals surface area contributed by atoms with Crippen LogP contribution < -0.4 is 16.0 Å². The number of rotatable bonds is 32. The number of aliphatic carboxylic acids is 3. The number of carboxylic acid groups (broad SMARTS) is 3. The monoisotopic (exact) mass is 738 g/mol. The fourth-order valence-electron chi connectivity index (χ4n) is 3.82. The van der Waals surface area contributed by atoms with Crippen molar-refractivity contribution >= 4 is 41.5 Å². The van der Waals surface area contributed by atoms with Crippen LogP contribution in [0.15, 0.2) is 0 Å². The molecule has 1 unspecified atom stereocenters. The second-order valence-electron chi connectivity index (χ2n) is 12.7. The number of ether oxygens (including phenoxy) is 4. The zero-order valence-corrected chi connectivity index (χ0v) is 30.2. The highest BCUT2D eigenvalue weighted by atomic mass is 16.5. The molecule has 0 aromatic carbocycles. The molecule has 0 spiro atoms. The highest BCUT2D eigenvalue weighted by Crippen LogP contribution is 2.22. The lowest BCUT2D eigenvalue weighted by Gasteiger charge is -2.23. The van der Waals surface area contributed by atoms with Crippen LogP contribution in [0.3, 0.4) is 0 Å². The van der Waals surface area contributed by atoms with Crippen LogP contribution in [0, 0.1) is 10.8 Å². The van der Waals surface area contributed by atoms with E-state index in [1.54, 1.807) is 27.7 Å². The van der Waals surface area contributed by atoms with Crippen molar-refractivity contribution in [3.8, 4) is 0 Å². The summed E-state index contributed by atoms with van der Waals surface area (Å²) in [5.41, 5.74) is -1.90. The third-order valence-corrected chi connectivity index (χ3v) is 7.40. The Labute approximate surface area is 303 Å². The van der Waals surface area contributed by atoms with Crippen LogP contribution in [-0.4, -0.2) is 147 Å². The van der Waals surface area contributed by atoms with Crippen molar-refractivity contribution in [3.05, 3.63) is 0 Å².